The number of hydrogen-bond donors (Lipinski definition) is 0. The van der Waals surface area contributed by atoms with Crippen LogP contribution in [0.4, 0.5) is 0 Å². The summed E-state index contributed by atoms with van der Waals surface area (Å²) in [5.74, 6) is 0.427. The van der Waals surface area contributed by atoms with Gasteiger partial charge in [0, 0.05) is 26.1 Å². The number of rotatable bonds is 0. The van der Waals surface area contributed by atoms with Crippen LogP contribution in [-0.2, 0) is 9.53 Å². The van der Waals surface area contributed by atoms with Crippen molar-refractivity contribution in [2.45, 2.75) is 64.2 Å². The number of hydrogen-bond acceptors (Lipinski definition) is 2. The van der Waals surface area contributed by atoms with E-state index in [1.807, 2.05) is 0 Å². The van der Waals surface area contributed by atoms with E-state index < -0.39 is 0 Å². The summed E-state index contributed by atoms with van der Waals surface area (Å²) in [6.45, 7) is 1.65. The van der Waals surface area contributed by atoms with Gasteiger partial charge in [-0.3, -0.25) is 4.79 Å². The Morgan fingerprint density at radius 3 is 2.00 bits per heavy atom. The second-order valence-electron chi connectivity index (χ2n) is 4.48. The Hall–Kier alpha value is -0.370. The zero-order valence-corrected chi connectivity index (χ0v) is 9.80. The van der Waals surface area contributed by atoms with Crippen LogP contribution in [0.1, 0.15) is 64.2 Å². The lowest BCUT2D eigenvalue weighted by Crippen LogP contribution is -2.03. The maximum absolute atomic E-state index is 11.4. The van der Waals surface area contributed by atoms with Crippen molar-refractivity contribution < 1.29 is 9.53 Å². The van der Waals surface area contributed by atoms with Crippen LogP contribution >= 0.6 is 0 Å². The maximum Gasteiger partial charge on any atom is 0.132 e. The van der Waals surface area contributed by atoms with Crippen molar-refractivity contribution in [1.29, 1.82) is 0 Å². The second-order valence-corrected chi connectivity index (χ2v) is 4.48. The fourth-order valence-electron chi connectivity index (χ4n) is 2.01. The molecule has 1 saturated heterocycles. The van der Waals surface area contributed by atoms with Crippen molar-refractivity contribution in [3.8, 4) is 0 Å². The van der Waals surface area contributed by atoms with E-state index >= 15 is 0 Å². The molecule has 2 nitrogen and oxygen atoms in total. The molecule has 1 fully saturated rings. The molecule has 1 rings (SSSR count). The minimum atomic E-state index is 0.427. The number of Topliss-reactive ketones (excluding diaryl/α,β-unsaturated/α-hetero) is 1. The van der Waals surface area contributed by atoms with Gasteiger partial charge in [0.15, 0.2) is 0 Å². The molecule has 0 unspecified atom stereocenters. The van der Waals surface area contributed by atoms with E-state index in [1.54, 1.807) is 0 Å². The first kappa shape index (κ1) is 12.7. The van der Waals surface area contributed by atoms with Crippen molar-refractivity contribution in [2.24, 2.45) is 0 Å². The molecule has 0 aliphatic carbocycles. The molecule has 2 heteroatoms. The topological polar surface area (TPSA) is 26.3 Å². The third-order valence-corrected chi connectivity index (χ3v) is 2.99. The summed E-state index contributed by atoms with van der Waals surface area (Å²) < 4.78 is 5.47. The number of carbonyl (C=O) groups is 1. The molecule has 0 spiro atoms. The minimum absolute atomic E-state index is 0.427. The lowest BCUT2D eigenvalue weighted by molar-refractivity contribution is -0.119. The molecule has 0 N–H and O–H groups in total. The van der Waals surface area contributed by atoms with Crippen LogP contribution in [0.2, 0.25) is 0 Å². The summed E-state index contributed by atoms with van der Waals surface area (Å²) in [6.07, 6.45) is 11.2. The van der Waals surface area contributed by atoms with Crippen molar-refractivity contribution in [1.82, 2.24) is 0 Å². The molecule has 0 aromatic carbocycles. The smallest absolute Gasteiger partial charge is 0.132 e. The highest BCUT2D eigenvalue weighted by molar-refractivity contribution is 5.78. The van der Waals surface area contributed by atoms with Crippen LogP contribution in [0.3, 0.4) is 0 Å². The molecular weight excluding hydrogens is 188 g/mol. The third kappa shape index (κ3) is 7.55. The predicted octanol–water partition coefficient (Wildman–Crippen LogP) is 3.49. The molecule has 0 aromatic heterocycles. The molecule has 0 atom stereocenters. The standard InChI is InChI=1S/C13H24O2/c14-13-9-6-4-2-1-3-5-7-11-15-12-8-10-13/h1-12H2. The van der Waals surface area contributed by atoms with Crippen molar-refractivity contribution in [2.75, 3.05) is 13.2 Å². The monoisotopic (exact) mass is 212 g/mol. The van der Waals surface area contributed by atoms with Crippen LogP contribution in [0.25, 0.3) is 0 Å². The van der Waals surface area contributed by atoms with E-state index in [-0.39, 0.29) is 0 Å². The highest BCUT2D eigenvalue weighted by Gasteiger charge is 2.02. The lowest BCUT2D eigenvalue weighted by atomic mass is 10.0. The molecule has 0 radical (unpaired) electrons. The van der Waals surface area contributed by atoms with Crippen LogP contribution in [-0.4, -0.2) is 19.0 Å². The first-order valence-corrected chi connectivity index (χ1v) is 6.49. The molecule has 1 aliphatic rings. The largest absolute Gasteiger partial charge is 0.381 e. The zero-order chi connectivity index (χ0) is 10.8. The van der Waals surface area contributed by atoms with Gasteiger partial charge in [0.05, 0.1) is 0 Å². The van der Waals surface area contributed by atoms with Crippen molar-refractivity contribution >= 4 is 5.78 Å². The highest BCUT2D eigenvalue weighted by Crippen LogP contribution is 2.10. The second kappa shape index (κ2) is 8.90. The van der Waals surface area contributed by atoms with E-state index in [4.69, 9.17) is 4.74 Å². The Kier molecular flexibility index (Phi) is 7.53. The molecule has 0 amide bonds. The van der Waals surface area contributed by atoms with E-state index in [9.17, 15) is 4.79 Å². The van der Waals surface area contributed by atoms with Gasteiger partial charge >= 0.3 is 0 Å². The van der Waals surface area contributed by atoms with Gasteiger partial charge in [0.2, 0.25) is 0 Å². The zero-order valence-electron chi connectivity index (χ0n) is 9.80. The van der Waals surface area contributed by atoms with Crippen LogP contribution in [0.5, 0.6) is 0 Å². The van der Waals surface area contributed by atoms with Gasteiger partial charge in [-0.25, -0.2) is 0 Å². The molecule has 1 heterocycles. The van der Waals surface area contributed by atoms with Gasteiger partial charge in [0.1, 0.15) is 5.78 Å². The normalized spacial score (nSPS) is 23.3. The Labute approximate surface area is 93.4 Å². The Bertz CT molecular complexity index is 150. The molecule has 88 valence electrons. The lowest BCUT2D eigenvalue weighted by Gasteiger charge is -2.06. The Morgan fingerprint density at radius 2 is 1.20 bits per heavy atom. The summed E-state index contributed by atoms with van der Waals surface area (Å²) in [6, 6.07) is 0. The molecule has 0 aromatic rings. The fourth-order valence-corrected chi connectivity index (χ4v) is 2.01. The summed E-state index contributed by atoms with van der Waals surface area (Å²) in [5, 5.41) is 0. The van der Waals surface area contributed by atoms with Gasteiger partial charge in [-0.1, -0.05) is 32.1 Å². The SMILES string of the molecule is O=C1CCCCCCCCCOCCC1. The number of ketones is 1. The first-order valence-electron chi connectivity index (χ1n) is 6.49. The van der Waals surface area contributed by atoms with Crippen LogP contribution in [0, 0.1) is 0 Å². The number of carbonyl (C=O) groups excluding carboxylic acids is 1. The Balaban J connectivity index is 2.13. The fraction of sp³-hybridized carbons (Fsp3) is 0.923. The molecule has 15 heavy (non-hydrogen) atoms. The molecule has 0 bridgehead atoms. The van der Waals surface area contributed by atoms with Crippen LogP contribution < -0.4 is 0 Å². The van der Waals surface area contributed by atoms with Gasteiger partial charge in [-0.2, -0.15) is 0 Å². The van der Waals surface area contributed by atoms with E-state index in [1.165, 1.54) is 38.5 Å². The number of ether oxygens (including phenoxy) is 1. The van der Waals surface area contributed by atoms with Crippen molar-refractivity contribution in [3.63, 3.8) is 0 Å². The third-order valence-electron chi connectivity index (χ3n) is 2.99. The van der Waals surface area contributed by atoms with Gasteiger partial charge < -0.3 is 4.74 Å². The molecule has 1 aliphatic heterocycles. The molecular formula is C13H24O2. The van der Waals surface area contributed by atoms with Gasteiger partial charge in [-0.15, -0.1) is 0 Å². The van der Waals surface area contributed by atoms with Crippen molar-refractivity contribution in [3.05, 3.63) is 0 Å². The maximum atomic E-state index is 11.4. The summed E-state index contributed by atoms with van der Waals surface area (Å²) >= 11 is 0. The first-order chi connectivity index (χ1) is 7.39. The summed E-state index contributed by atoms with van der Waals surface area (Å²) in [7, 11) is 0. The van der Waals surface area contributed by atoms with E-state index in [0.717, 1.165) is 38.9 Å². The summed E-state index contributed by atoms with van der Waals surface area (Å²) in [4.78, 5) is 11.4. The quantitative estimate of drug-likeness (QED) is 0.614. The highest BCUT2D eigenvalue weighted by atomic mass is 16.5. The Morgan fingerprint density at radius 1 is 0.667 bits per heavy atom. The minimum Gasteiger partial charge on any atom is -0.381 e. The van der Waals surface area contributed by atoms with E-state index in [2.05, 4.69) is 0 Å². The average molecular weight is 212 g/mol. The molecule has 0 saturated carbocycles. The average Bonchev–Trinajstić information content (AvgIpc) is 2.24. The van der Waals surface area contributed by atoms with Gasteiger partial charge in [-0.05, 0) is 19.3 Å². The van der Waals surface area contributed by atoms with Gasteiger partial charge in [0.25, 0.3) is 0 Å². The van der Waals surface area contributed by atoms with Crippen LogP contribution in [0.15, 0.2) is 0 Å². The van der Waals surface area contributed by atoms with E-state index in [0.29, 0.717) is 5.78 Å². The summed E-state index contributed by atoms with van der Waals surface area (Å²) in [5.41, 5.74) is 0. The predicted molar refractivity (Wildman–Crippen MR) is 62.0 cm³/mol.